The second kappa shape index (κ2) is 5.80. The number of carbonyl (C=O) groups is 1. The summed E-state index contributed by atoms with van der Waals surface area (Å²) in [7, 11) is 0. The average molecular weight is 312 g/mol. The molecule has 0 unspecified atom stereocenters. The third kappa shape index (κ3) is 2.71. The number of hydrogen-bond donors (Lipinski definition) is 0. The summed E-state index contributed by atoms with van der Waals surface area (Å²) in [5.74, 6) is -0.184. The average Bonchev–Trinajstić information content (AvgIpc) is 2.54. The smallest absolute Gasteiger partial charge is 0.283 e. The number of carbonyl (C=O) groups excluding carboxylic acids is 1. The Balaban J connectivity index is 2.04. The van der Waals surface area contributed by atoms with Crippen LogP contribution in [0.4, 0.5) is 10.1 Å². The topological polar surface area (TPSA) is 82.3 Å². The highest BCUT2D eigenvalue weighted by atomic mass is 19.1. The lowest BCUT2D eigenvalue weighted by Gasteiger charge is -2.08. The highest BCUT2D eigenvalue weighted by molar-refractivity contribution is 5.86. The monoisotopic (exact) mass is 312 g/mol. The third-order valence-corrected chi connectivity index (χ3v) is 3.22. The molecule has 0 fully saturated rings. The summed E-state index contributed by atoms with van der Waals surface area (Å²) in [4.78, 5) is 25.4. The normalized spacial score (nSPS) is 10.5. The molecule has 2 aromatic carbocycles. The number of nitrogens with zero attached hydrogens (tertiary/aromatic N) is 2. The summed E-state index contributed by atoms with van der Waals surface area (Å²) >= 11 is 0. The number of ether oxygens (including phenoxy) is 1. The van der Waals surface area contributed by atoms with Gasteiger partial charge in [0.2, 0.25) is 0 Å². The molecule has 0 aliphatic carbocycles. The first-order valence-electron chi connectivity index (χ1n) is 6.55. The lowest BCUT2D eigenvalue weighted by molar-refractivity contribution is -0.385. The maximum atomic E-state index is 13.6. The second-order valence-electron chi connectivity index (χ2n) is 4.65. The molecule has 0 atom stereocenters. The standard InChI is InChI=1S/C16H9FN2O4/c17-13-4-1-3-10-7-11(8-18-16(10)13)23-15-6-2-5-14(19(21)22)12(15)9-20/h1-9H. The van der Waals surface area contributed by atoms with Crippen molar-refractivity contribution in [1.29, 1.82) is 0 Å². The number of aldehydes is 1. The lowest BCUT2D eigenvalue weighted by Crippen LogP contribution is -1.98. The first-order valence-corrected chi connectivity index (χ1v) is 6.55. The van der Waals surface area contributed by atoms with Crippen molar-refractivity contribution in [2.24, 2.45) is 0 Å². The maximum absolute atomic E-state index is 13.6. The van der Waals surface area contributed by atoms with Crippen LogP contribution in [0.2, 0.25) is 0 Å². The maximum Gasteiger partial charge on any atom is 0.283 e. The Hall–Kier alpha value is -3.35. The van der Waals surface area contributed by atoms with Crippen LogP contribution in [0.25, 0.3) is 10.9 Å². The molecule has 0 aliphatic rings. The van der Waals surface area contributed by atoms with Gasteiger partial charge in [-0.2, -0.15) is 0 Å². The Morgan fingerprint density at radius 2 is 2.00 bits per heavy atom. The summed E-state index contributed by atoms with van der Waals surface area (Å²) in [5.41, 5.74) is -0.330. The van der Waals surface area contributed by atoms with E-state index in [1.165, 1.54) is 36.5 Å². The van der Waals surface area contributed by atoms with Gasteiger partial charge in [-0.15, -0.1) is 0 Å². The molecule has 1 heterocycles. The third-order valence-electron chi connectivity index (χ3n) is 3.22. The van der Waals surface area contributed by atoms with Crippen molar-refractivity contribution in [2.45, 2.75) is 0 Å². The van der Waals surface area contributed by atoms with Crippen molar-refractivity contribution in [1.82, 2.24) is 4.98 Å². The number of hydrogen-bond acceptors (Lipinski definition) is 5. The van der Waals surface area contributed by atoms with E-state index in [4.69, 9.17) is 4.74 Å². The summed E-state index contributed by atoms with van der Waals surface area (Å²) in [6, 6.07) is 10.1. The fraction of sp³-hybridized carbons (Fsp3) is 0. The molecular weight excluding hydrogens is 303 g/mol. The first kappa shape index (κ1) is 14.6. The molecular formula is C16H9FN2O4. The van der Waals surface area contributed by atoms with Crippen molar-refractivity contribution in [3.63, 3.8) is 0 Å². The van der Waals surface area contributed by atoms with Crippen molar-refractivity contribution >= 4 is 22.9 Å². The van der Waals surface area contributed by atoms with Crippen molar-refractivity contribution < 1.29 is 18.8 Å². The van der Waals surface area contributed by atoms with Gasteiger partial charge < -0.3 is 4.74 Å². The van der Waals surface area contributed by atoms with Crippen LogP contribution in [0.15, 0.2) is 48.7 Å². The zero-order valence-electron chi connectivity index (χ0n) is 11.6. The van der Waals surface area contributed by atoms with E-state index in [9.17, 15) is 19.3 Å². The molecule has 0 aliphatic heterocycles. The van der Waals surface area contributed by atoms with E-state index in [1.807, 2.05) is 0 Å². The zero-order chi connectivity index (χ0) is 16.4. The number of aromatic nitrogens is 1. The van der Waals surface area contributed by atoms with E-state index in [-0.39, 0.29) is 28.3 Å². The van der Waals surface area contributed by atoms with Crippen LogP contribution < -0.4 is 4.74 Å². The number of benzene rings is 2. The summed E-state index contributed by atoms with van der Waals surface area (Å²) in [5, 5.41) is 11.4. The number of nitro groups is 1. The Morgan fingerprint density at radius 1 is 1.22 bits per heavy atom. The van der Waals surface area contributed by atoms with E-state index in [2.05, 4.69) is 4.98 Å². The van der Waals surface area contributed by atoms with Crippen LogP contribution in [0.1, 0.15) is 10.4 Å². The lowest BCUT2D eigenvalue weighted by atomic mass is 10.1. The predicted molar refractivity (Wildman–Crippen MR) is 80.3 cm³/mol. The minimum atomic E-state index is -0.662. The molecule has 114 valence electrons. The van der Waals surface area contributed by atoms with Gasteiger partial charge >= 0.3 is 0 Å². The minimum absolute atomic E-state index is 0.0340. The van der Waals surface area contributed by atoms with Gasteiger partial charge in [0.1, 0.15) is 28.4 Å². The van der Waals surface area contributed by atoms with E-state index < -0.39 is 10.7 Å². The SMILES string of the molecule is O=Cc1c(Oc2cnc3c(F)cccc3c2)cccc1[N+](=O)[O-]. The van der Waals surface area contributed by atoms with Gasteiger partial charge in [-0.3, -0.25) is 14.9 Å². The van der Waals surface area contributed by atoms with Crippen LogP contribution in [0, 0.1) is 15.9 Å². The van der Waals surface area contributed by atoms with Crippen LogP contribution in [0.3, 0.4) is 0 Å². The van der Waals surface area contributed by atoms with Gasteiger partial charge in [0, 0.05) is 11.5 Å². The summed E-state index contributed by atoms with van der Waals surface area (Å²) < 4.78 is 19.1. The van der Waals surface area contributed by atoms with Crippen LogP contribution in [0.5, 0.6) is 11.5 Å². The van der Waals surface area contributed by atoms with Crippen molar-refractivity contribution in [3.8, 4) is 11.5 Å². The number of halogens is 1. The van der Waals surface area contributed by atoms with E-state index >= 15 is 0 Å². The molecule has 7 heteroatoms. The highest BCUT2D eigenvalue weighted by Crippen LogP contribution is 2.31. The number of rotatable bonds is 4. The molecule has 0 radical (unpaired) electrons. The molecule has 3 aromatic rings. The van der Waals surface area contributed by atoms with Gasteiger partial charge in [0.05, 0.1) is 11.1 Å². The summed E-state index contributed by atoms with van der Waals surface area (Å²) in [6.45, 7) is 0. The number of pyridine rings is 1. The van der Waals surface area contributed by atoms with Crippen LogP contribution in [-0.4, -0.2) is 16.2 Å². The Kier molecular flexibility index (Phi) is 3.68. The highest BCUT2D eigenvalue weighted by Gasteiger charge is 2.18. The van der Waals surface area contributed by atoms with Gasteiger partial charge in [0.25, 0.3) is 5.69 Å². The van der Waals surface area contributed by atoms with Gasteiger partial charge in [-0.25, -0.2) is 9.37 Å². The Bertz CT molecular complexity index is 927. The van der Waals surface area contributed by atoms with Crippen LogP contribution >= 0.6 is 0 Å². The molecule has 0 amide bonds. The molecule has 0 saturated heterocycles. The van der Waals surface area contributed by atoms with Crippen molar-refractivity contribution in [2.75, 3.05) is 0 Å². The predicted octanol–water partition coefficient (Wildman–Crippen LogP) is 3.89. The summed E-state index contributed by atoms with van der Waals surface area (Å²) in [6.07, 6.45) is 1.65. The van der Waals surface area contributed by atoms with E-state index in [0.717, 1.165) is 0 Å². The first-order chi connectivity index (χ1) is 11.1. The molecule has 3 rings (SSSR count). The van der Waals surface area contributed by atoms with E-state index in [0.29, 0.717) is 11.7 Å². The van der Waals surface area contributed by atoms with E-state index in [1.54, 1.807) is 12.1 Å². The fourth-order valence-corrected chi connectivity index (χ4v) is 2.19. The number of nitro benzene ring substituents is 1. The zero-order valence-corrected chi connectivity index (χ0v) is 11.6. The molecule has 6 nitrogen and oxygen atoms in total. The van der Waals surface area contributed by atoms with Gasteiger partial charge in [0.15, 0.2) is 6.29 Å². The Morgan fingerprint density at radius 3 is 2.74 bits per heavy atom. The number of para-hydroxylation sites is 1. The van der Waals surface area contributed by atoms with Gasteiger partial charge in [-0.05, 0) is 18.2 Å². The largest absolute Gasteiger partial charge is 0.455 e. The fourth-order valence-electron chi connectivity index (χ4n) is 2.19. The van der Waals surface area contributed by atoms with Gasteiger partial charge in [-0.1, -0.05) is 18.2 Å². The second-order valence-corrected chi connectivity index (χ2v) is 4.65. The molecule has 0 spiro atoms. The quantitative estimate of drug-likeness (QED) is 0.414. The number of fused-ring (bicyclic) bond motifs is 1. The molecule has 0 bridgehead atoms. The molecule has 1 aromatic heterocycles. The van der Waals surface area contributed by atoms with Crippen LogP contribution in [-0.2, 0) is 0 Å². The molecule has 0 saturated carbocycles. The van der Waals surface area contributed by atoms with Crippen molar-refractivity contribution in [3.05, 3.63) is 70.2 Å². The Labute approximate surface area is 129 Å². The molecule has 0 N–H and O–H groups in total. The molecule has 23 heavy (non-hydrogen) atoms. The minimum Gasteiger partial charge on any atom is -0.455 e.